The van der Waals surface area contributed by atoms with Gasteiger partial charge in [0.15, 0.2) is 0 Å². The number of nitrogens with one attached hydrogen (secondary N) is 2. The van der Waals surface area contributed by atoms with E-state index in [4.69, 9.17) is 27.9 Å². The van der Waals surface area contributed by atoms with Gasteiger partial charge in [0.05, 0.1) is 25.7 Å². The maximum Gasteiger partial charge on any atom is 0.239 e. The van der Waals surface area contributed by atoms with Gasteiger partial charge in [-0.1, -0.05) is 59.6 Å². The molecule has 2 fully saturated rings. The van der Waals surface area contributed by atoms with Gasteiger partial charge in [0.1, 0.15) is 4.75 Å². The summed E-state index contributed by atoms with van der Waals surface area (Å²) in [5.74, 6) is -0.209. The molecular weight excluding hydrogens is 603 g/mol. The van der Waals surface area contributed by atoms with Crippen LogP contribution >= 0.6 is 35.0 Å². The lowest BCUT2D eigenvalue weighted by Crippen LogP contribution is -2.48. The van der Waals surface area contributed by atoms with Crippen LogP contribution in [-0.4, -0.2) is 70.7 Å². The van der Waals surface area contributed by atoms with Crippen LogP contribution in [0.2, 0.25) is 10.0 Å². The lowest BCUT2D eigenvalue weighted by Gasteiger charge is -2.36. The van der Waals surface area contributed by atoms with Crippen molar-refractivity contribution in [3.8, 4) is 0 Å². The van der Waals surface area contributed by atoms with Crippen molar-refractivity contribution in [3.63, 3.8) is 0 Å². The first-order chi connectivity index (χ1) is 20.9. The summed E-state index contributed by atoms with van der Waals surface area (Å²) in [6.45, 7) is 5.05. The number of carbonyl (C=O) groups excluding carboxylic acids is 2. The maximum absolute atomic E-state index is 14.5. The molecule has 6 rings (SSSR count). The van der Waals surface area contributed by atoms with Gasteiger partial charge in [0.25, 0.3) is 0 Å². The van der Waals surface area contributed by atoms with Crippen LogP contribution in [0, 0.1) is 0 Å². The molecule has 0 radical (unpaired) electrons. The monoisotopic (exact) mass is 636 g/mol. The van der Waals surface area contributed by atoms with Gasteiger partial charge in [-0.05, 0) is 54.9 Å². The van der Waals surface area contributed by atoms with E-state index in [9.17, 15) is 9.59 Å². The molecule has 0 bridgehead atoms. The van der Waals surface area contributed by atoms with E-state index in [0.717, 1.165) is 66.2 Å². The maximum atomic E-state index is 14.5. The molecular formula is C33H34Cl2N4O3S. The van der Waals surface area contributed by atoms with Crippen molar-refractivity contribution in [2.24, 2.45) is 0 Å². The zero-order chi connectivity index (χ0) is 29.8. The van der Waals surface area contributed by atoms with Crippen molar-refractivity contribution in [3.05, 3.63) is 100 Å². The van der Waals surface area contributed by atoms with Gasteiger partial charge in [-0.2, -0.15) is 0 Å². The van der Waals surface area contributed by atoms with Gasteiger partial charge in [-0.3, -0.25) is 14.5 Å². The van der Waals surface area contributed by atoms with Crippen LogP contribution in [0.15, 0.2) is 83.9 Å². The molecule has 43 heavy (non-hydrogen) atoms. The molecule has 0 spiro atoms. The molecule has 2 atom stereocenters. The predicted octanol–water partition coefficient (Wildman–Crippen LogP) is 6.32. The average Bonchev–Trinajstić information content (AvgIpc) is 3.54. The Morgan fingerprint density at radius 1 is 1.02 bits per heavy atom. The molecule has 2 amide bonds. The molecule has 3 aromatic carbocycles. The Bertz CT molecular complexity index is 1580. The summed E-state index contributed by atoms with van der Waals surface area (Å²) in [5, 5.41) is 5.42. The second-order valence-corrected chi connectivity index (χ2v) is 13.3. The van der Waals surface area contributed by atoms with Crippen molar-refractivity contribution in [2.75, 3.05) is 39.4 Å². The number of nitrogens with zero attached hydrogens (tertiary/aromatic N) is 2. The van der Waals surface area contributed by atoms with E-state index in [1.165, 1.54) is 11.8 Å². The summed E-state index contributed by atoms with van der Waals surface area (Å²) in [4.78, 5) is 37.0. The van der Waals surface area contributed by atoms with E-state index >= 15 is 0 Å². The third-order valence-corrected chi connectivity index (χ3v) is 10.1. The number of H-pyrrole nitrogens is 1. The largest absolute Gasteiger partial charge is 0.379 e. The first-order valence-electron chi connectivity index (χ1n) is 14.6. The van der Waals surface area contributed by atoms with Gasteiger partial charge >= 0.3 is 0 Å². The first-order valence-corrected chi connectivity index (χ1v) is 16.1. The smallest absolute Gasteiger partial charge is 0.239 e. The summed E-state index contributed by atoms with van der Waals surface area (Å²) in [6.07, 6.45) is 2.81. The van der Waals surface area contributed by atoms with Gasteiger partial charge in [-0.25, -0.2) is 0 Å². The number of aromatic amines is 1. The SMILES string of the molecule is O=C1CC(Sc2ccccc2)(C(=O)NCCCN2CCOCC2)C(c2c[nH]c3cc(Cl)ccc23)N1Cc1ccc(Cl)cc1. The normalized spacial score (nSPS) is 21.0. The van der Waals surface area contributed by atoms with Gasteiger partial charge in [0.2, 0.25) is 11.8 Å². The van der Waals surface area contributed by atoms with Crippen molar-refractivity contribution in [1.82, 2.24) is 20.1 Å². The summed E-state index contributed by atoms with van der Waals surface area (Å²) >= 11 is 14.0. The fraction of sp³-hybridized carbons (Fsp3) is 0.333. The fourth-order valence-electron chi connectivity index (χ4n) is 6.07. The summed E-state index contributed by atoms with van der Waals surface area (Å²) in [7, 11) is 0. The Morgan fingerprint density at radius 2 is 1.77 bits per heavy atom. The molecule has 224 valence electrons. The van der Waals surface area contributed by atoms with Gasteiger partial charge in [-0.15, -0.1) is 11.8 Å². The highest BCUT2D eigenvalue weighted by Gasteiger charge is 2.58. The van der Waals surface area contributed by atoms with Crippen molar-refractivity contribution >= 4 is 57.7 Å². The molecule has 3 heterocycles. The number of carbonyl (C=O) groups is 2. The zero-order valence-electron chi connectivity index (χ0n) is 23.7. The van der Waals surface area contributed by atoms with Gasteiger partial charge in [0, 0.05) is 63.8 Å². The molecule has 0 saturated carbocycles. The lowest BCUT2D eigenvalue weighted by atomic mass is 9.91. The quantitative estimate of drug-likeness (QED) is 0.199. The number of halogens is 2. The van der Waals surface area contributed by atoms with Crippen LogP contribution in [-0.2, 0) is 20.9 Å². The fourth-order valence-corrected chi connectivity index (χ4v) is 7.81. The van der Waals surface area contributed by atoms with Crippen LogP contribution in [0.25, 0.3) is 10.9 Å². The predicted molar refractivity (Wildman–Crippen MR) is 173 cm³/mol. The lowest BCUT2D eigenvalue weighted by molar-refractivity contribution is -0.129. The Labute approximate surface area is 265 Å². The van der Waals surface area contributed by atoms with Crippen molar-refractivity contribution in [1.29, 1.82) is 0 Å². The molecule has 4 aromatic rings. The number of rotatable bonds is 10. The Kier molecular flexibility index (Phi) is 9.31. The van der Waals surface area contributed by atoms with Crippen LogP contribution in [0.3, 0.4) is 0 Å². The standard InChI is InChI=1S/C33H34Cl2N4O3S/c34-24-9-7-23(8-10-24)22-39-30(40)20-33(43-26-5-2-1-3-6-26,32(41)36-13-4-14-38-15-17-42-18-16-38)31(39)28-21-37-29-19-25(35)11-12-27(28)29/h1-3,5-12,19,21,31,37H,4,13-18,20,22H2,(H,36,41). The number of fused-ring (bicyclic) bond motifs is 1. The Balaban J connectivity index is 1.38. The summed E-state index contributed by atoms with van der Waals surface area (Å²) in [6, 6.07) is 22.5. The highest BCUT2D eigenvalue weighted by Crippen LogP contribution is 2.54. The average molecular weight is 638 g/mol. The minimum absolute atomic E-state index is 0.0698. The number of thioether (sulfide) groups is 1. The van der Waals surface area contributed by atoms with E-state index in [0.29, 0.717) is 23.1 Å². The third kappa shape index (κ3) is 6.59. The second-order valence-electron chi connectivity index (χ2n) is 11.0. The number of likely N-dealkylation sites (tertiary alicyclic amines) is 1. The number of hydrogen-bond donors (Lipinski definition) is 2. The minimum Gasteiger partial charge on any atom is -0.379 e. The Hall–Kier alpha value is -3.01. The van der Waals surface area contributed by atoms with E-state index in [1.807, 2.05) is 83.9 Å². The highest BCUT2D eigenvalue weighted by molar-refractivity contribution is 8.01. The molecule has 10 heteroatoms. The highest BCUT2D eigenvalue weighted by atomic mass is 35.5. The first kappa shape index (κ1) is 30.0. The van der Waals surface area contributed by atoms with E-state index in [-0.39, 0.29) is 18.2 Å². The van der Waals surface area contributed by atoms with Crippen LogP contribution in [0.4, 0.5) is 0 Å². The molecule has 2 saturated heterocycles. The Morgan fingerprint density at radius 3 is 2.53 bits per heavy atom. The molecule has 2 aliphatic heterocycles. The molecule has 7 nitrogen and oxygen atoms in total. The second kappa shape index (κ2) is 13.3. The number of morpholine rings is 1. The number of aromatic nitrogens is 1. The van der Waals surface area contributed by atoms with Crippen molar-refractivity contribution in [2.45, 2.75) is 35.1 Å². The van der Waals surface area contributed by atoms with E-state index in [2.05, 4.69) is 15.2 Å². The number of ether oxygens (including phenoxy) is 1. The summed E-state index contributed by atoms with van der Waals surface area (Å²) < 4.78 is 4.35. The minimum atomic E-state index is -1.11. The topological polar surface area (TPSA) is 77.7 Å². The van der Waals surface area contributed by atoms with E-state index < -0.39 is 10.8 Å². The molecule has 2 N–H and O–H groups in total. The molecule has 2 aliphatic rings. The third-order valence-electron chi connectivity index (χ3n) is 8.19. The summed E-state index contributed by atoms with van der Waals surface area (Å²) in [5.41, 5.74) is 2.69. The molecule has 1 aromatic heterocycles. The zero-order valence-corrected chi connectivity index (χ0v) is 26.1. The van der Waals surface area contributed by atoms with E-state index in [1.54, 1.807) is 0 Å². The van der Waals surface area contributed by atoms with Gasteiger partial charge < -0.3 is 19.9 Å². The number of hydrogen-bond acceptors (Lipinski definition) is 5. The number of benzene rings is 3. The molecule has 0 aliphatic carbocycles. The van der Waals surface area contributed by atoms with Crippen LogP contribution in [0.5, 0.6) is 0 Å². The van der Waals surface area contributed by atoms with Crippen LogP contribution in [0.1, 0.15) is 30.0 Å². The molecule has 2 unspecified atom stereocenters. The van der Waals surface area contributed by atoms with Crippen LogP contribution < -0.4 is 5.32 Å². The number of amides is 2. The van der Waals surface area contributed by atoms with Crippen molar-refractivity contribution < 1.29 is 14.3 Å².